The second-order valence-electron chi connectivity index (χ2n) is 5.18. The molecule has 0 heterocycles. The molecule has 0 aromatic carbocycles. The first kappa shape index (κ1) is 16.8. The summed E-state index contributed by atoms with van der Waals surface area (Å²) in [6, 6.07) is -0.555. The summed E-state index contributed by atoms with van der Waals surface area (Å²) in [5.74, 6) is -0.448. The highest BCUT2D eigenvalue weighted by molar-refractivity contribution is 7.84. The lowest BCUT2D eigenvalue weighted by molar-refractivity contribution is -0.155. The quantitative estimate of drug-likeness (QED) is 0.610. The van der Waals surface area contributed by atoms with Gasteiger partial charge >= 0.3 is 12.0 Å². The Balaban J connectivity index is 4.59. The van der Waals surface area contributed by atoms with E-state index in [9.17, 15) is 9.59 Å². The third-order valence-corrected chi connectivity index (χ3v) is 1.97. The molecule has 0 aliphatic carbocycles. The van der Waals surface area contributed by atoms with Crippen LogP contribution in [-0.2, 0) is 9.53 Å². The molecule has 6 heteroatoms. The van der Waals surface area contributed by atoms with E-state index < -0.39 is 17.6 Å². The van der Waals surface area contributed by atoms with Gasteiger partial charge in [-0.05, 0) is 34.6 Å². The lowest BCUT2D eigenvalue weighted by Gasteiger charge is -2.28. The Hall–Kier alpha value is -1.17. The minimum Gasteiger partial charge on any atom is -0.459 e. The number of esters is 1. The van der Waals surface area contributed by atoms with Crippen molar-refractivity contribution in [3.63, 3.8) is 0 Å². The minimum atomic E-state index is -0.566. The Bertz CT molecular complexity index is 335. The highest BCUT2D eigenvalue weighted by Gasteiger charge is 2.23. The van der Waals surface area contributed by atoms with E-state index in [2.05, 4.69) is 24.5 Å². The van der Waals surface area contributed by atoms with Crippen molar-refractivity contribution in [1.29, 1.82) is 0 Å². The van der Waals surface area contributed by atoms with Gasteiger partial charge in [-0.25, -0.2) is 4.79 Å². The van der Waals surface area contributed by atoms with Crippen LogP contribution < -0.4 is 5.32 Å². The van der Waals surface area contributed by atoms with Gasteiger partial charge in [-0.1, -0.05) is 6.58 Å². The Labute approximate surface area is 114 Å². The lowest BCUT2D eigenvalue weighted by atomic mass is 10.2. The number of hydrogen-bond acceptors (Lipinski definition) is 4. The number of carbonyl (C=O) groups is 2. The smallest absolute Gasteiger partial charge is 0.326 e. The molecule has 0 radical (unpaired) electrons. The number of nitrogens with one attached hydrogen (secondary N) is 1. The van der Waals surface area contributed by atoms with Gasteiger partial charge in [0.15, 0.2) is 0 Å². The van der Waals surface area contributed by atoms with Crippen molar-refractivity contribution in [2.45, 2.75) is 46.3 Å². The number of rotatable bonds is 4. The molecule has 0 saturated carbocycles. The molecule has 0 aliphatic rings. The van der Waals surface area contributed by atoms with Gasteiger partial charge in [-0.2, -0.15) is 0 Å². The van der Waals surface area contributed by atoms with Crippen LogP contribution in [0.4, 0.5) is 4.79 Å². The summed E-state index contributed by atoms with van der Waals surface area (Å²) < 4.78 is 5.17. The second kappa shape index (κ2) is 6.68. The topological polar surface area (TPSA) is 58.6 Å². The van der Waals surface area contributed by atoms with Gasteiger partial charge in [0.2, 0.25) is 0 Å². The summed E-state index contributed by atoms with van der Waals surface area (Å²) in [4.78, 5) is 24.8. The summed E-state index contributed by atoms with van der Waals surface area (Å²) in [5.41, 5.74) is -0.566. The molecule has 1 N–H and O–H groups in total. The molecule has 0 aliphatic heterocycles. The molecule has 104 valence electrons. The molecule has 0 spiro atoms. The standard InChI is InChI=1S/C12H22N2O3S/c1-8(2)14(11(16)13-9(3)18)7-10(15)17-12(4,5)6/h8,18H,3,7H2,1-2,4-6H3,(H,13,16). The maximum atomic E-state index is 11.8. The van der Waals surface area contributed by atoms with E-state index in [0.717, 1.165) is 0 Å². The van der Waals surface area contributed by atoms with Gasteiger partial charge in [0.05, 0.1) is 5.03 Å². The maximum Gasteiger partial charge on any atom is 0.326 e. The SMILES string of the molecule is C=C(S)NC(=O)N(CC(=O)OC(C)(C)C)C(C)C. The summed E-state index contributed by atoms with van der Waals surface area (Å²) >= 11 is 3.89. The van der Waals surface area contributed by atoms with Gasteiger partial charge in [0, 0.05) is 6.04 Å². The monoisotopic (exact) mass is 274 g/mol. The minimum absolute atomic E-state index is 0.109. The molecule has 0 unspecified atom stereocenters. The lowest BCUT2D eigenvalue weighted by Crippen LogP contribution is -2.46. The molecule has 0 bridgehead atoms. The molecule has 0 atom stereocenters. The molecule has 0 aromatic rings. The third-order valence-electron chi connectivity index (χ3n) is 1.85. The zero-order valence-electron chi connectivity index (χ0n) is 11.6. The second-order valence-corrected chi connectivity index (χ2v) is 5.72. The Morgan fingerprint density at radius 1 is 1.39 bits per heavy atom. The van der Waals surface area contributed by atoms with Crippen LogP contribution in [0, 0.1) is 0 Å². The number of thiol groups is 1. The van der Waals surface area contributed by atoms with Gasteiger partial charge < -0.3 is 15.0 Å². The highest BCUT2D eigenvalue weighted by atomic mass is 32.1. The van der Waals surface area contributed by atoms with Crippen molar-refractivity contribution in [2.75, 3.05) is 6.54 Å². The van der Waals surface area contributed by atoms with Crippen LogP contribution in [0.15, 0.2) is 11.6 Å². The molecule has 0 fully saturated rings. The summed E-state index contributed by atoms with van der Waals surface area (Å²) in [6.45, 7) is 12.3. The number of hydrogen-bond donors (Lipinski definition) is 2. The number of ether oxygens (including phenoxy) is 1. The van der Waals surface area contributed by atoms with E-state index in [1.807, 2.05) is 13.8 Å². The number of carbonyl (C=O) groups excluding carboxylic acids is 2. The molecular formula is C12H22N2O3S. The molecule has 0 saturated heterocycles. The van der Waals surface area contributed by atoms with Crippen molar-refractivity contribution in [1.82, 2.24) is 10.2 Å². The average molecular weight is 274 g/mol. The van der Waals surface area contributed by atoms with Crippen molar-refractivity contribution < 1.29 is 14.3 Å². The molecule has 0 rings (SSSR count). The zero-order chi connectivity index (χ0) is 14.5. The van der Waals surface area contributed by atoms with E-state index in [0.29, 0.717) is 0 Å². The fourth-order valence-corrected chi connectivity index (χ4v) is 1.29. The van der Waals surface area contributed by atoms with E-state index in [1.165, 1.54) is 4.90 Å². The summed E-state index contributed by atoms with van der Waals surface area (Å²) in [6.07, 6.45) is 0. The molecule has 18 heavy (non-hydrogen) atoms. The van der Waals surface area contributed by atoms with Crippen LogP contribution in [0.1, 0.15) is 34.6 Å². The summed E-state index contributed by atoms with van der Waals surface area (Å²) in [7, 11) is 0. The fraction of sp³-hybridized carbons (Fsp3) is 0.667. The van der Waals surface area contributed by atoms with Gasteiger partial charge in [-0.15, -0.1) is 12.6 Å². The van der Waals surface area contributed by atoms with Crippen molar-refractivity contribution in [3.8, 4) is 0 Å². The first-order valence-electron chi connectivity index (χ1n) is 5.70. The van der Waals surface area contributed by atoms with Crippen LogP contribution in [0.3, 0.4) is 0 Å². The van der Waals surface area contributed by atoms with E-state index in [-0.39, 0.29) is 17.6 Å². The first-order valence-corrected chi connectivity index (χ1v) is 6.15. The van der Waals surface area contributed by atoms with Crippen molar-refractivity contribution >= 4 is 24.6 Å². The van der Waals surface area contributed by atoms with Crippen LogP contribution in [0.5, 0.6) is 0 Å². The third kappa shape index (κ3) is 7.21. The molecule has 5 nitrogen and oxygen atoms in total. The normalized spacial score (nSPS) is 11.1. The van der Waals surface area contributed by atoms with Crippen LogP contribution in [-0.4, -0.2) is 35.1 Å². The number of nitrogens with zero attached hydrogens (tertiary/aromatic N) is 1. The molecular weight excluding hydrogens is 252 g/mol. The Morgan fingerprint density at radius 3 is 2.22 bits per heavy atom. The van der Waals surface area contributed by atoms with Gasteiger partial charge in [0.25, 0.3) is 0 Å². The predicted octanol–water partition coefficient (Wildman–Crippen LogP) is 2.15. The Kier molecular flexibility index (Phi) is 6.25. The van der Waals surface area contributed by atoms with Crippen LogP contribution in [0.2, 0.25) is 0 Å². The van der Waals surface area contributed by atoms with Crippen molar-refractivity contribution in [3.05, 3.63) is 11.6 Å². The first-order chi connectivity index (χ1) is 8.03. The number of urea groups is 1. The fourth-order valence-electron chi connectivity index (χ4n) is 1.20. The van der Waals surface area contributed by atoms with Gasteiger partial charge in [0.1, 0.15) is 12.1 Å². The number of amides is 2. The Morgan fingerprint density at radius 2 is 1.89 bits per heavy atom. The largest absolute Gasteiger partial charge is 0.459 e. The average Bonchev–Trinajstić information content (AvgIpc) is 2.09. The highest BCUT2D eigenvalue weighted by Crippen LogP contribution is 2.09. The summed E-state index contributed by atoms with van der Waals surface area (Å²) in [5, 5.41) is 2.67. The molecule has 0 aromatic heterocycles. The van der Waals surface area contributed by atoms with Crippen LogP contribution >= 0.6 is 12.6 Å². The molecule has 2 amide bonds. The van der Waals surface area contributed by atoms with Gasteiger partial charge in [-0.3, -0.25) is 4.79 Å². The zero-order valence-corrected chi connectivity index (χ0v) is 12.5. The predicted molar refractivity (Wildman–Crippen MR) is 74.3 cm³/mol. The van der Waals surface area contributed by atoms with E-state index in [4.69, 9.17) is 4.74 Å². The van der Waals surface area contributed by atoms with Crippen molar-refractivity contribution in [2.24, 2.45) is 0 Å². The van der Waals surface area contributed by atoms with Crippen LogP contribution in [0.25, 0.3) is 0 Å². The van der Waals surface area contributed by atoms with E-state index in [1.54, 1.807) is 20.8 Å². The van der Waals surface area contributed by atoms with E-state index >= 15 is 0 Å². The maximum absolute atomic E-state index is 11.8.